The van der Waals surface area contributed by atoms with E-state index in [0.717, 1.165) is 5.56 Å². The normalized spacial score (nSPS) is 16.8. The molecule has 1 heterocycles. The minimum Gasteiger partial charge on any atom is -0.341 e. The van der Waals surface area contributed by atoms with Crippen molar-refractivity contribution in [3.63, 3.8) is 0 Å². The van der Waals surface area contributed by atoms with E-state index in [-0.39, 0.29) is 35.4 Å². The molecule has 0 bridgehead atoms. The van der Waals surface area contributed by atoms with Crippen LogP contribution < -0.4 is 0 Å². The Bertz CT molecular complexity index is 792. The maximum absolute atomic E-state index is 13.9. The van der Waals surface area contributed by atoms with Gasteiger partial charge in [-0.3, -0.25) is 9.59 Å². The fourth-order valence-corrected chi connectivity index (χ4v) is 3.43. The Morgan fingerprint density at radius 3 is 2.65 bits per heavy atom. The van der Waals surface area contributed by atoms with E-state index in [9.17, 15) is 14.0 Å². The molecule has 0 radical (unpaired) electrons. The lowest BCUT2D eigenvalue weighted by molar-refractivity contribution is -0.135. The van der Waals surface area contributed by atoms with E-state index in [1.54, 1.807) is 18.0 Å². The number of hydrogen-bond donors (Lipinski definition) is 0. The lowest BCUT2D eigenvalue weighted by Crippen LogP contribution is -2.34. The van der Waals surface area contributed by atoms with Gasteiger partial charge in [0.2, 0.25) is 11.8 Å². The van der Waals surface area contributed by atoms with Crippen molar-refractivity contribution < 1.29 is 14.0 Å². The number of hydrogen-bond acceptors (Lipinski definition) is 2. The molecule has 1 fully saturated rings. The summed E-state index contributed by atoms with van der Waals surface area (Å²) in [5, 5.41) is 0.290. The van der Waals surface area contributed by atoms with E-state index < -0.39 is 11.7 Å². The first-order valence-corrected chi connectivity index (χ1v) is 8.83. The fourth-order valence-electron chi connectivity index (χ4n) is 3.20. The van der Waals surface area contributed by atoms with Crippen molar-refractivity contribution in [2.75, 3.05) is 13.6 Å². The van der Waals surface area contributed by atoms with Crippen molar-refractivity contribution in [2.24, 2.45) is 5.92 Å². The summed E-state index contributed by atoms with van der Waals surface area (Å²) < 4.78 is 13.9. The lowest BCUT2D eigenvalue weighted by Gasteiger charge is -2.22. The van der Waals surface area contributed by atoms with Gasteiger partial charge in [0.1, 0.15) is 5.82 Å². The summed E-state index contributed by atoms with van der Waals surface area (Å²) in [6.07, 6.45) is 0.182. The number of carbonyl (C=O) groups excluding carboxylic acids is 2. The third-order valence-electron chi connectivity index (χ3n) is 4.61. The van der Waals surface area contributed by atoms with Crippen LogP contribution in [-0.2, 0) is 22.7 Å². The predicted octanol–water partition coefficient (Wildman–Crippen LogP) is 3.49. The molecular formula is C20H20ClFN2O2. The van der Waals surface area contributed by atoms with Crippen LogP contribution in [0.5, 0.6) is 0 Å². The van der Waals surface area contributed by atoms with Crippen molar-refractivity contribution in [3.05, 3.63) is 70.5 Å². The van der Waals surface area contributed by atoms with E-state index in [0.29, 0.717) is 13.1 Å². The second-order valence-corrected chi connectivity index (χ2v) is 6.96. The number of carbonyl (C=O) groups is 2. The van der Waals surface area contributed by atoms with Crippen LogP contribution in [0.4, 0.5) is 4.39 Å². The molecule has 1 atom stereocenters. The third kappa shape index (κ3) is 4.05. The Labute approximate surface area is 157 Å². The zero-order valence-corrected chi connectivity index (χ0v) is 15.2. The summed E-state index contributed by atoms with van der Waals surface area (Å²) >= 11 is 6.03. The highest BCUT2D eigenvalue weighted by molar-refractivity contribution is 6.31. The molecule has 1 saturated heterocycles. The van der Waals surface area contributed by atoms with Crippen molar-refractivity contribution in [1.82, 2.24) is 9.80 Å². The molecule has 0 spiro atoms. The van der Waals surface area contributed by atoms with Crippen LogP contribution in [0.25, 0.3) is 0 Å². The third-order valence-corrected chi connectivity index (χ3v) is 4.97. The molecule has 4 nitrogen and oxygen atoms in total. The van der Waals surface area contributed by atoms with Crippen LogP contribution in [0.2, 0.25) is 5.02 Å². The molecule has 2 amide bonds. The van der Waals surface area contributed by atoms with Crippen LogP contribution in [0.15, 0.2) is 48.5 Å². The summed E-state index contributed by atoms with van der Waals surface area (Å²) in [6, 6.07) is 14.1. The largest absolute Gasteiger partial charge is 0.341 e. The maximum Gasteiger partial charge on any atom is 0.228 e. The number of rotatable bonds is 5. The smallest absolute Gasteiger partial charge is 0.228 e. The van der Waals surface area contributed by atoms with Gasteiger partial charge in [-0.2, -0.15) is 0 Å². The Balaban J connectivity index is 1.64. The summed E-state index contributed by atoms with van der Waals surface area (Å²) in [6.45, 7) is 0.946. The highest BCUT2D eigenvalue weighted by atomic mass is 35.5. The molecule has 0 N–H and O–H groups in total. The second kappa shape index (κ2) is 7.87. The molecular weight excluding hydrogens is 355 g/mol. The lowest BCUT2D eigenvalue weighted by atomic mass is 10.1. The van der Waals surface area contributed by atoms with Gasteiger partial charge in [0.15, 0.2) is 0 Å². The maximum atomic E-state index is 13.9. The van der Waals surface area contributed by atoms with Gasteiger partial charge < -0.3 is 9.80 Å². The van der Waals surface area contributed by atoms with Crippen LogP contribution in [0, 0.1) is 11.7 Å². The average Bonchev–Trinajstić information content (AvgIpc) is 2.99. The number of amides is 2. The van der Waals surface area contributed by atoms with Crippen molar-refractivity contribution >= 4 is 23.4 Å². The molecule has 3 rings (SSSR count). The average molecular weight is 375 g/mol. The number of halogens is 2. The molecule has 1 aliphatic rings. The molecule has 2 aromatic rings. The van der Waals surface area contributed by atoms with Gasteiger partial charge in [-0.15, -0.1) is 0 Å². The summed E-state index contributed by atoms with van der Waals surface area (Å²) in [7, 11) is 1.61. The first kappa shape index (κ1) is 18.4. The van der Waals surface area contributed by atoms with Gasteiger partial charge >= 0.3 is 0 Å². The highest BCUT2D eigenvalue weighted by Crippen LogP contribution is 2.25. The zero-order chi connectivity index (χ0) is 18.7. The number of nitrogens with zero attached hydrogens (tertiary/aromatic N) is 2. The van der Waals surface area contributed by atoms with Gasteiger partial charge in [0.05, 0.1) is 5.92 Å². The van der Waals surface area contributed by atoms with E-state index >= 15 is 0 Å². The molecule has 26 heavy (non-hydrogen) atoms. The molecule has 1 unspecified atom stereocenters. The Morgan fingerprint density at radius 2 is 1.96 bits per heavy atom. The van der Waals surface area contributed by atoms with Crippen LogP contribution in [-0.4, -0.2) is 35.2 Å². The molecule has 2 aromatic carbocycles. The summed E-state index contributed by atoms with van der Waals surface area (Å²) in [5.74, 6) is -1.06. The van der Waals surface area contributed by atoms with Gasteiger partial charge in [0, 0.05) is 43.7 Å². The van der Waals surface area contributed by atoms with E-state index in [2.05, 4.69) is 0 Å². The Hall–Kier alpha value is -2.40. The summed E-state index contributed by atoms with van der Waals surface area (Å²) in [5.41, 5.74) is 1.32. The van der Waals surface area contributed by atoms with Crippen LogP contribution >= 0.6 is 11.6 Å². The molecule has 0 aromatic heterocycles. The highest BCUT2D eigenvalue weighted by Gasteiger charge is 2.35. The minimum absolute atomic E-state index is 0.0375. The minimum atomic E-state index is -0.439. The van der Waals surface area contributed by atoms with Crippen molar-refractivity contribution in [2.45, 2.75) is 19.5 Å². The predicted molar refractivity (Wildman–Crippen MR) is 97.9 cm³/mol. The Kier molecular flexibility index (Phi) is 5.57. The Morgan fingerprint density at radius 1 is 1.23 bits per heavy atom. The standard InChI is InChI=1S/C20H20ClFN2O2/c1-23(13-16-17(21)8-5-9-18(16)22)20(26)15-10-19(25)24(12-15)11-14-6-3-2-4-7-14/h2-9,15H,10-13H2,1H3. The van der Waals surface area contributed by atoms with Gasteiger partial charge in [-0.05, 0) is 17.7 Å². The van der Waals surface area contributed by atoms with E-state index in [4.69, 9.17) is 11.6 Å². The molecule has 0 saturated carbocycles. The van der Waals surface area contributed by atoms with Gasteiger partial charge in [0.25, 0.3) is 0 Å². The van der Waals surface area contributed by atoms with Crippen LogP contribution in [0.3, 0.4) is 0 Å². The fraction of sp³-hybridized carbons (Fsp3) is 0.300. The van der Waals surface area contributed by atoms with Crippen molar-refractivity contribution in [1.29, 1.82) is 0 Å². The van der Waals surface area contributed by atoms with Crippen LogP contribution in [0.1, 0.15) is 17.5 Å². The summed E-state index contributed by atoms with van der Waals surface area (Å²) in [4.78, 5) is 28.1. The topological polar surface area (TPSA) is 40.6 Å². The quantitative estimate of drug-likeness (QED) is 0.803. The van der Waals surface area contributed by atoms with Crippen molar-refractivity contribution in [3.8, 4) is 0 Å². The molecule has 6 heteroatoms. The number of likely N-dealkylation sites (tertiary alicyclic amines) is 1. The number of benzene rings is 2. The SMILES string of the molecule is CN(Cc1c(F)cccc1Cl)C(=O)C1CC(=O)N(Cc2ccccc2)C1. The van der Waals surface area contributed by atoms with Gasteiger partial charge in [-0.1, -0.05) is 48.0 Å². The monoisotopic (exact) mass is 374 g/mol. The molecule has 0 aliphatic carbocycles. The zero-order valence-electron chi connectivity index (χ0n) is 14.5. The van der Waals surface area contributed by atoms with Gasteiger partial charge in [-0.25, -0.2) is 4.39 Å². The van der Waals surface area contributed by atoms with E-state index in [1.165, 1.54) is 17.0 Å². The molecule has 136 valence electrons. The first-order chi connectivity index (χ1) is 12.5. The van der Waals surface area contributed by atoms with E-state index in [1.807, 2.05) is 30.3 Å². The first-order valence-electron chi connectivity index (χ1n) is 8.45. The second-order valence-electron chi connectivity index (χ2n) is 6.56. The molecule has 1 aliphatic heterocycles.